The Morgan fingerprint density at radius 3 is 2.56 bits per heavy atom. The molecule has 32 heavy (non-hydrogen) atoms. The molecule has 0 radical (unpaired) electrons. The van der Waals surface area contributed by atoms with Crippen molar-refractivity contribution in [2.45, 2.75) is 33.1 Å². The zero-order valence-electron chi connectivity index (χ0n) is 19.3. The number of carbonyl (C=O) groups is 2. The molecule has 6 heteroatoms. The van der Waals surface area contributed by atoms with Gasteiger partial charge in [0, 0.05) is 62.6 Å². The molecule has 1 fully saturated rings. The van der Waals surface area contributed by atoms with Gasteiger partial charge in [-0.05, 0) is 67.8 Å². The molecular formula is C26H34N4O2. The molecule has 2 heterocycles. The van der Waals surface area contributed by atoms with E-state index in [0.29, 0.717) is 25.1 Å². The largest absolute Gasteiger partial charge is 0.369 e. The van der Waals surface area contributed by atoms with Crippen LogP contribution in [0.15, 0.2) is 42.5 Å². The number of nitrogens with zero attached hydrogens (tertiary/aromatic N) is 3. The van der Waals surface area contributed by atoms with E-state index in [-0.39, 0.29) is 11.8 Å². The van der Waals surface area contributed by atoms with Gasteiger partial charge >= 0.3 is 0 Å². The number of fused-ring (bicyclic) bond motifs is 1. The molecule has 2 aromatic carbocycles. The molecule has 2 aromatic rings. The fraction of sp³-hybridized carbons (Fsp3) is 0.462. The quantitative estimate of drug-likeness (QED) is 0.680. The summed E-state index contributed by atoms with van der Waals surface area (Å²) in [6.07, 6.45) is 2.26. The lowest BCUT2D eigenvalue weighted by Gasteiger charge is -2.36. The highest BCUT2D eigenvalue weighted by atomic mass is 16.2. The Bertz CT molecular complexity index is 966. The molecule has 2 aliphatic rings. The maximum Gasteiger partial charge on any atom is 0.251 e. The molecule has 6 nitrogen and oxygen atoms in total. The van der Waals surface area contributed by atoms with Crippen molar-refractivity contribution >= 4 is 23.2 Å². The Morgan fingerprint density at radius 2 is 1.81 bits per heavy atom. The third-order valence-electron chi connectivity index (χ3n) is 6.52. The number of rotatable bonds is 7. The standard InChI is InChI=1S/C26H34N4O2/c1-3-25(31)30-13-10-21-19-22(8-9-24(21)30)26(32)27-11-5-12-28-14-16-29(17-15-28)23-7-4-6-20(2)18-23/h4,6-9,18-19H,3,5,10-17H2,1-2H3,(H,27,32). The van der Waals surface area contributed by atoms with Crippen molar-refractivity contribution in [1.82, 2.24) is 10.2 Å². The molecule has 1 saturated heterocycles. The Morgan fingerprint density at radius 1 is 1.00 bits per heavy atom. The van der Waals surface area contributed by atoms with E-state index >= 15 is 0 Å². The first kappa shape index (κ1) is 22.3. The third-order valence-corrected chi connectivity index (χ3v) is 6.52. The summed E-state index contributed by atoms with van der Waals surface area (Å²) in [6.45, 7) is 10.6. The number of piperazine rings is 1. The zero-order chi connectivity index (χ0) is 22.5. The number of hydrogen-bond donors (Lipinski definition) is 1. The first-order chi connectivity index (χ1) is 15.5. The van der Waals surface area contributed by atoms with Crippen molar-refractivity contribution < 1.29 is 9.59 Å². The van der Waals surface area contributed by atoms with Gasteiger partial charge in [-0.25, -0.2) is 0 Å². The minimum atomic E-state index is -0.0302. The average Bonchev–Trinajstić information content (AvgIpc) is 3.25. The minimum absolute atomic E-state index is 0.0302. The lowest BCUT2D eigenvalue weighted by molar-refractivity contribution is -0.118. The van der Waals surface area contributed by atoms with E-state index in [1.165, 1.54) is 11.3 Å². The summed E-state index contributed by atoms with van der Waals surface area (Å²) < 4.78 is 0. The summed E-state index contributed by atoms with van der Waals surface area (Å²) in [4.78, 5) is 31.4. The lowest BCUT2D eigenvalue weighted by Crippen LogP contribution is -2.47. The summed E-state index contributed by atoms with van der Waals surface area (Å²) in [5.74, 6) is 0.109. The van der Waals surface area contributed by atoms with Crippen LogP contribution in [0.4, 0.5) is 11.4 Å². The highest BCUT2D eigenvalue weighted by molar-refractivity contribution is 5.98. The zero-order valence-corrected chi connectivity index (χ0v) is 19.3. The number of hydrogen-bond acceptors (Lipinski definition) is 4. The summed E-state index contributed by atoms with van der Waals surface area (Å²) in [5, 5.41) is 3.06. The van der Waals surface area contributed by atoms with E-state index in [9.17, 15) is 9.59 Å². The molecule has 1 N–H and O–H groups in total. The molecule has 170 valence electrons. The second-order valence-electron chi connectivity index (χ2n) is 8.77. The molecule has 0 aliphatic carbocycles. The maximum atomic E-state index is 12.6. The van der Waals surface area contributed by atoms with Crippen LogP contribution in [0.25, 0.3) is 0 Å². The van der Waals surface area contributed by atoms with Gasteiger partial charge in [0.1, 0.15) is 0 Å². The van der Waals surface area contributed by atoms with Gasteiger partial charge in [-0.15, -0.1) is 0 Å². The SMILES string of the molecule is CCC(=O)N1CCc2cc(C(=O)NCCCN3CCN(c4cccc(C)c4)CC3)ccc21. The highest BCUT2D eigenvalue weighted by Crippen LogP contribution is 2.29. The van der Waals surface area contributed by atoms with E-state index in [1.807, 2.05) is 30.0 Å². The molecule has 0 bridgehead atoms. The number of carbonyl (C=O) groups excluding carboxylic acids is 2. The van der Waals surface area contributed by atoms with E-state index in [0.717, 1.165) is 56.8 Å². The van der Waals surface area contributed by atoms with Crippen LogP contribution in [-0.2, 0) is 11.2 Å². The van der Waals surface area contributed by atoms with E-state index < -0.39 is 0 Å². The van der Waals surface area contributed by atoms with Gasteiger partial charge < -0.3 is 15.1 Å². The minimum Gasteiger partial charge on any atom is -0.369 e. The topological polar surface area (TPSA) is 55.9 Å². The summed E-state index contributed by atoms with van der Waals surface area (Å²) in [5.41, 5.74) is 5.34. The smallest absolute Gasteiger partial charge is 0.251 e. The molecule has 0 unspecified atom stereocenters. The molecule has 0 saturated carbocycles. The van der Waals surface area contributed by atoms with Crippen LogP contribution in [0, 0.1) is 6.92 Å². The molecule has 4 rings (SSSR count). The van der Waals surface area contributed by atoms with E-state index in [2.05, 4.69) is 46.3 Å². The van der Waals surface area contributed by atoms with Crippen LogP contribution in [0.2, 0.25) is 0 Å². The first-order valence-electron chi connectivity index (χ1n) is 11.8. The Labute approximate surface area is 191 Å². The summed E-state index contributed by atoms with van der Waals surface area (Å²) in [7, 11) is 0. The molecular weight excluding hydrogens is 400 g/mol. The number of amides is 2. The highest BCUT2D eigenvalue weighted by Gasteiger charge is 2.24. The summed E-state index contributed by atoms with van der Waals surface area (Å²) >= 11 is 0. The third kappa shape index (κ3) is 5.13. The average molecular weight is 435 g/mol. The van der Waals surface area contributed by atoms with Gasteiger partial charge in [-0.2, -0.15) is 0 Å². The molecule has 0 aromatic heterocycles. The van der Waals surface area contributed by atoms with Crippen LogP contribution >= 0.6 is 0 Å². The van der Waals surface area contributed by atoms with E-state index in [1.54, 1.807) is 0 Å². The predicted molar refractivity (Wildman–Crippen MR) is 130 cm³/mol. The normalized spacial score (nSPS) is 16.2. The van der Waals surface area contributed by atoms with Gasteiger partial charge in [0.05, 0.1) is 0 Å². The van der Waals surface area contributed by atoms with Crippen molar-refractivity contribution in [3.05, 3.63) is 59.2 Å². The number of benzene rings is 2. The van der Waals surface area contributed by atoms with Crippen LogP contribution < -0.4 is 15.1 Å². The number of nitrogens with one attached hydrogen (secondary N) is 1. The predicted octanol–water partition coefficient (Wildman–Crippen LogP) is 3.24. The van der Waals surface area contributed by atoms with Crippen molar-refractivity contribution in [2.24, 2.45) is 0 Å². The Kier molecular flexibility index (Phi) is 7.10. The van der Waals surface area contributed by atoms with Gasteiger partial charge in [0.15, 0.2) is 0 Å². The van der Waals surface area contributed by atoms with Crippen LogP contribution in [-0.4, -0.2) is 62.5 Å². The second kappa shape index (κ2) is 10.2. The fourth-order valence-electron chi connectivity index (χ4n) is 4.65. The van der Waals surface area contributed by atoms with Crippen LogP contribution in [0.5, 0.6) is 0 Å². The monoisotopic (exact) mass is 434 g/mol. The fourth-order valence-corrected chi connectivity index (χ4v) is 4.65. The molecule has 0 atom stereocenters. The first-order valence-corrected chi connectivity index (χ1v) is 11.8. The Hall–Kier alpha value is -2.86. The van der Waals surface area contributed by atoms with Crippen LogP contribution in [0.1, 0.15) is 41.3 Å². The lowest BCUT2D eigenvalue weighted by atomic mass is 10.1. The van der Waals surface area contributed by atoms with Crippen LogP contribution in [0.3, 0.4) is 0 Å². The Balaban J connectivity index is 1.19. The van der Waals surface area contributed by atoms with Gasteiger partial charge in [0.2, 0.25) is 5.91 Å². The maximum absolute atomic E-state index is 12.6. The summed E-state index contributed by atoms with van der Waals surface area (Å²) in [6, 6.07) is 14.4. The van der Waals surface area contributed by atoms with Crippen molar-refractivity contribution in [3.63, 3.8) is 0 Å². The van der Waals surface area contributed by atoms with Crippen molar-refractivity contribution in [1.29, 1.82) is 0 Å². The van der Waals surface area contributed by atoms with Gasteiger partial charge in [-0.1, -0.05) is 19.1 Å². The van der Waals surface area contributed by atoms with Crippen molar-refractivity contribution in [3.8, 4) is 0 Å². The number of aryl methyl sites for hydroxylation is 1. The van der Waals surface area contributed by atoms with Gasteiger partial charge in [0.25, 0.3) is 5.91 Å². The van der Waals surface area contributed by atoms with E-state index in [4.69, 9.17) is 0 Å². The molecule has 2 aliphatic heterocycles. The molecule has 2 amide bonds. The second-order valence-corrected chi connectivity index (χ2v) is 8.77. The molecule has 0 spiro atoms. The number of anilines is 2. The van der Waals surface area contributed by atoms with Gasteiger partial charge in [-0.3, -0.25) is 14.5 Å². The van der Waals surface area contributed by atoms with Crippen molar-refractivity contribution in [2.75, 3.05) is 55.6 Å².